The molecule has 2 amide bonds. The van der Waals surface area contributed by atoms with Gasteiger partial charge in [0.25, 0.3) is 11.8 Å². The molecule has 1 aliphatic heterocycles. The number of fused-ring (bicyclic) bond motifs is 1. The lowest BCUT2D eigenvalue weighted by Gasteiger charge is -2.31. The highest BCUT2D eigenvalue weighted by atomic mass is 16.2. The van der Waals surface area contributed by atoms with Crippen molar-refractivity contribution in [1.29, 1.82) is 0 Å². The van der Waals surface area contributed by atoms with Gasteiger partial charge < -0.3 is 4.48 Å². The lowest BCUT2D eigenvalue weighted by atomic mass is 10.0. The van der Waals surface area contributed by atoms with Crippen molar-refractivity contribution in [3.05, 3.63) is 60.2 Å². The molecule has 0 saturated heterocycles. The molecule has 2 aromatic rings. The number of hydrogen-bond donors (Lipinski definition) is 0. The summed E-state index contributed by atoms with van der Waals surface area (Å²) in [5.41, 5.74) is 1.33. The van der Waals surface area contributed by atoms with Gasteiger partial charge >= 0.3 is 0 Å². The summed E-state index contributed by atoms with van der Waals surface area (Å²) in [6.07, 6.45) is 3.49. The molecule has 0 unspecified atom stereocenters. The maximum absolute atomic E-state index is 11.6. The second-order valence-corrected chi connectivity index (χ2v) is 6.97. The Bertz CT molecular complexity index is 785. The molecule has 0 radical (unpaired) electrons. The van der Waals surface area contributed by atoms with Crippen LogP contribution in [-0.2, 0) is 16.1 Å². The number of benzene rings is 2. The van der Waals surface area contributed by atoms with Crippen LogP contribution >= 0.6 is 0 Å². The van der Waals surface area contributed by atoms with E-state index in [0.717, 1.165) is 24.0 Å². The molecule has 0 fully saturated rings. The Hall–Kier alpha value is -2.46. The van der Waals surface area contributed by atoms with Crippen molar-refractivity contribution >= 4 is 22.6 Å². The molecule has 4 nitrogen and oxygen atoms in total. The summed E-state index contributed by atoms with van der Waals surface area (Å²) in [6, 6.07) is 14.9. The van der Waals surface area contributed by atoms with Crippen molar-refractivity contribution < 1.29 is 14.1 Å². The van der Waals surface area contributed by atoms with Gasteiger partial charge in [-0.05, 0) is 10.8 Å². The molecule has 0 aromatic heterocycles. The first-order valence-electron chi connectivity index (χ1n) is 8.28. The molecule has 124 valence electrons. The highest BCUT2D eigenvalue weighted by Gasteiger charge is 2.24. The lowest BCUT2D eigenvalue weighted by molar-refractivity contribution is -0.903. The van der Waals surface area contributed by atoms with Crippen molar-refractivity contribution in [3.8, 4) is 0 Å². The quantitative estimate of drug-likeness (QED) is 0.605. The van der Waals surface area contributed by atoms with E-state index < -0.39 is 0 Å². The molecule has 4 heteroatoms. The Balaban J connectivity index is 1.63. The third-order valence-corrected chi connectivity index (χ3v) is 4.52. The summed E-state index contributed by atoms with van der Waals surface area (Å²) >= 11 is 0. The molecule has 3 rings (SSSR count). The van der Waals surface area contributed by atoms with Crippen LogP contribution in [0.3, 0.4) is 0 Å². The standard InChI is InChI=1S/C20H23N2O2/c1-22(2,14-6-13-21-19(23)11-12-20(21)24)15-17-9-5-8-16-7-3-4-10-18(16)17/h3-5,7-12H,6,13-15H2,1-2H3/q+1. The zero-order valence-electron chi connectivity index (χ0n) is 14.2. The summed E-state index contributed by atoms with van der Waals surface area (Å²) in [6.45, 7) is 2.31. The van der Waals surface area contributed by atoms with Crippen LogP contribution in [0, 0.1) is 0 Å². The van der Waals surface area contributed by atoms with Crippen LogP contribution in [0.4, 0.5) is 0 Å². The van der Waals surface area contributed by atoms with Gasteiger partial charge in [-0.1, -0.05) is 42.5 Å². The number of hydrogen-bond acceptors (Lipinski definition) is 2. The second-order valence-electron chi connectivity index (χ2n) is 6.97. The summed E-state index contributed by atoms with van der Waals surface area (Å²) in [4.78, 5) is 24.5. The minimum absolute atomic E-state index is 0.195. The zero-order chi connectivity index (χ0) is 17.2. The van der Waals surface area contributed by atoms with Gasteiger partial charge in [-0.25, -0.2) is 0 Å². The van der Waals surface area contributed by atoms with Gasteiger partial charge in [-0.3, -0.25) is 14.5 Å². The van der Waals surface area contributed by atoms with Crippen molar-refractivity contribution in [1.82, 2.24) is 4.90 Å². The Labute approximate surface area is 142 Å². The Morgan fingerprint density at radius 2 is 1.58 bits per heavy atom. The van der Waals surface area contributed by atoms with Crippen LogP contribution < -0.4 is 0 Å². The number of carbonyl (C=O) groups is 2. The first-order valence-corrected chi connectivity index (χ1v) is 8.28. The van der Waals surface area contributed by atoms with Crippen LogP contribution in [0.25, 0.3) is 10.8 Å². The summed E-state index contributed by atoms with van der Waals surface area (Å²) in [5.74, 6) is -0.390. The highest BCUT2D eigenvalue weighted by molar-refractivity contribution is 6.12. The number of nitrogens with zero attached hydrogens (tertiary/aromatic N) is 2. The van der Waals surface area contributed by atoms with E-state index in [2.05, 4.69) is 56.6 Å². The number of amides is 2. The fourth-order valence-corrected chi connectivity index (χ4v) is 3.28. The number of carbonyl (C=O) groups excluding carboxylic acids is 2. The molecule has 0 saturated carbocycles. The van der Waals surface area contributed by atoms with Gasteiger partial charge in [-0.15, -0.1) is 0 Å². The predicted octanol–water partition coefficient (Wildman–Crippen LogP) is 2.73. The third kappa shape index (κ3) is 3.54. The minimum atomic E-state index is -0.195. The van der Waals surface area contributed by atoms with Gasteiger partial charge in [0.2, 0.25) is 0 Å². The molecule has 2 aromatic carbocycles. The Morgan fingerprint density at radius 3 is 2.33 bits per heavy atom. The molecule has 1 aliphatic rings. The van der Waals surface area contributed by atoms with E-state index >= 15 is 0 Å². The van der Waals surface area contributed by atoms with E-state index in [4.69, 9.17) is 0 Å². The van der Waals surface area contributed by atoms with Gasteiger partial charge in [-0.2, -0.15) is 0 Å². The monoisotopic (exact) mass is 323 g/mol. The predicted molar refractivity (Wildman–Crippen MR) is 95.1 cm³/mol. The fraction of sp³-hybridized carbons (Fsp3) is 0.300. The molecule has 0 N–H and O–H groups in total. The molecular formula is C20H23N2O2+. The zero-order valence-corrected chi connectivity index (χ0v) is 14.2. The average molecular weight is 323 g/mol. The second kappa shape index (κ2) is 6.57. The van der Waals surface area contributed by atoms with Crippen molar-refractivity contribution in [2.45, 2.75) is 13.0 Å². The van der Waals surface area contributed by atoms with Crippen LogP contribution in [0.2, 0.25) is 0 Å². The topological polar surface area (TPSA) is 37.4 Å². The number of quaternary nitrogens is 1. The lowest BCUT2D eigenvalue weighted by Crippen LogP contribution is -2.41. The Kier molecular flexibility index (Phi) is 4.49. The van der Waals surface area contributed by atoms with Crippen LogP contribution in [0.1, 0.15) is 12.0 Å². The molecule has 0 bridgehead atoms. The third-order valence-electron chi connectivity index (χ3n) is 4.52. The maximum atomic E-state index is 11.6. The summed E-state index contributed by atoms with van der Waals surface area (Å²) in [7, 11) is 4.38. The molecule has 1 heterocycles. The van der Waals surface area contributed by atoms with Crippen molar-refractivity contribution in [2.24, 2.45) is 0 Å². The first-order chi connectivity index (χ1) is 11.5. The fourth-order valence-electron chi connectivity index (χ4n) is 3.28. The van der Waals surface area contributed by atoms with Crippen molar-refractivity contribution in [3.63, 3.8) is 0 Å². The molecule has 0 atom stereocenters. The summed E-state index contributed by atoms with van der Waals surface area (Å²) < 4.78 is 0.817. The van der Waals surface area contributed by atoms with Crippen LogP contribution in [0.15, 0.2) is 54.6 Å². The maximum Gasteiger partial charge on any atom is 0.253 e. The van der Waals surface area contributed by atoms with Crippen LogP contribution in [-0.4, -0.2) is 48.4 Å². The molecule has 24 heavy (non-hydrogen) atoms. The SMILES string of the molecule is C[N+](C)(CCCN1C(=O)C=CC1=O)Cc1cccc2ccccc12. The summed E-state index contributed by atoms with van der Waals surface area (Å²) in [5, 5.41) is 2.55. The molecular weight excluding hydrogens is 300 g/mol. The average Bonchev–Trinajstić information content (AvgIpc) is 2.87. The van der Waals surface area contributed by atoms with E-state index in [1.54, 1.807) is 0 Å². The van der Waals surface area contributed by atoms with E-state index in [9.17, 15) is 9.59 Å². The van der Waals surface area contributed by atoms with Gasteiger partial charge in [0.15, 0.2) is 0 Å². The van der Waals surface area contributed by atoms with Crippen LogP contribution in [0.5, 0.6) is 0 Å². The van der Waals surface area contributed by atoms with Gasteiger partial charge in [0, 0.05) is 30.7 Å². The minimum Gasteiger partial charge on any atom is -0.325 e. The van der Waals surface area contributed by atoms with E-state index in [0.29, 0.717) is 6.54 Å². The highest BCUT2D eigenvalue weighted by Crippen LogP contribution is 2.21. The van der Waals surface area contributed by atoms with Gasteiger partial charge in [0.1, 0.15) is 6.54 Å². The number of rotatable bonds is 6. The van der Waals surface area contributed by atoms with Crippen molar-refractivity contribution in [2.75, 3.05) is 27.2 Å². The van der Waals surface area contributed by atoms with Gasteiger partial charge in [0.05, 0.1) is 20.6 Å². The largest absolute Gasteiger partial charge is 0.325 e. The molecule has 0 spiro atoms. The first kappa shape index (κ1) is 16.4. The Morgan fingerprint density at radius 1 is 0.917 bits per heavy atom. The number of imide groups is 1. The smallest absolute Gasteiger partial charge is 0.253 e. The molecule has 0 aliphatic carbocycles. The van der Waals surface area contributed by atoms with E-state index in [-0.39, 0.29) is 11.8 Å². The van der Waals surface area contributed by atoms with E-state index in [1.165, 1.54) is 33.4 Å². The van der Waals surface area contributed by atoms with E-state index in [1.807, 2.05) is 0 Å². The normalized spacial score (nSPS) is 14.8.